The Balaban J connectivity index is 2.53. The number of rotatable bonds is 8. The quantitative estimate of drug-likeness (QED) is 0.638. The second-order valence-corrected chi connectivity index (χ2v) is 5.08. The van der Waals surface area contributed by atoms with Crippen molar-refractivity contribution in [2.24, 2.45) is 0 Å². The van der Waals surface area contributed by atoms with Gasteiger partial charge in [0, 0.05) is 18.6 Å². The summed E-state index contributed by atoms with van der Waals surface area (Å²) in [7, 11) is 0. The fourth-order valence-corrected chi connectivity index (χ4v) is 2.94. The summed E-state index contributed by atoms with van der Waals surface area (Å²) in [5, 5.41) is 3.74. The van der Waals surface area contributed by atoms with Crippen molar-refractivity contribution in [2.75, 3.05) is 26.2 Å². The third-order valence-corrected chi connectivity index (χ3v) is 3.51. The molecule has 1 saturated heterocycles. The zero-order valence-electron chi connectivity index (χ0n) is 11.1. The molecular weight excluding hydrogens is 196 g/mol. The minimum atomic E-state index is 0.396. The summed E-state index contributed by atoms with van der Waals surface area (Å²) in [4.78, 5) is 2.54. The van der Waals surface area contributed by atoms with Crippen LogP contribution in [0.2, 0.25) is 0 Å². The van der Waals surface area contributed by atoms with Crippen LogP contribution in [0.1, 0.15) is 46.0 Å². The van der Waals surface area contributed by atoms with Crippen LogP contribution in [-0.4, -0.2) is 36.6 Å². The highest BCUT2D eigenvalue weighted by Gasteiger charge is 2.33. The van der Waals surface area contributed by atoms with Crippen molar-refractivity contribution in [1.29, 1.82) is 0 Å². The van der Waals surface area contributed by atoms with E-state index in [4.69, 9.17) is 0 Å². The van der Waals surface area contributed by atoms with Crippen LogP contribution in [0.25, 0.3) is 0 Å². The molecule has 2 nitrogen and oxygen atoms in total. The molecule has 1 fully saturated rings. The van der Waals surface area contributed by atoms with Gasteiger partial charge in [0.1, 0.15) is 0 Å². The van der Waals surface area contributed by atoms with Gasteiger partial charge in [-0.05, 0) is 38.8 Å². The molecular formula is C14H28N2. The van der Waals surface area contributed by atoms with E-state index in [9.17, 15) is 0 Å². The average molecular weight is 224 g/mol. The lowest BCUT2D eigenvalue weighted by Gasteiger charge is -2.35. The van der Waals surface area contributed by atoms with Crippen LogP contribution in [0.15, 0.2) is 12.7 Å². The molecule has 0 aromatic carbocycles. The fraction of sp³-hybridized carbons (Fsp3) is 0.857. The normalized spacial score (nSPS) is 25.2. The Morgan fingerprint density at radius 1 is 1.38 bits per heavy atom. The van der Waals surface area contributed by atoms with E-state index in [0.29, 0.717) is 5.54 Å². The molecule has 0 aromatic heterocycles. The van der Waals surface area contributed by atoms with Crippen molar-refractivity contribution in [3.8, 4) is 0 Å². The average Bonchev–Trinajstić information content (AvgIpc) is 2.68. The fourth-order valence-electron chi connectivity index (χ4n) is 2.94. The van der Waals surface area contributed by atoms with Gasteiger partial charge in [0.15, 0.2) is 0 Å². The number of hydrogen-bond donors (Lipinski definition) is 1. The molecule has 0 saturated carbocycles. The Hall–Kier alpha value is -0.340. The summed E-state index contributed by atoms with van der Waals surface area (Å²) in [6, 6.07) is 0. The second-order valence-electron chi connectivity index (χ2n) is 5.08. The van der Waals surface area contributed by atoms with Gasteiger partial charge in [0.2, 0.25) is 0 Å². The van der Waals surface area contributed by atoms with Crippen LogP contribution in [0.5, 0.6) is 0 Å². The molecule has 0 aliphatic carbocycles. The lowest BCUT2D eigenvalue weighted by molar-refractivity contribution is 0.197. The summed E-state index contributed by atoms with van der Waals surface area (Å²) >= 11 is 0. The van der Waals surface area contributed by atoms with Crippen molar-refractivity contribution in [1.82, 2.24) is 10.2 Å². The predicted octanol–water partition coefficient (Wildman–Crippen LogP) is 2.81. The molecule has 0 aromatic rings. The van der Waals surface area contributed by atoms with Crippen LogP contribution in [0, 0.1) is 0 Å². The first-order chi connectivity index (χ1) is 7.76. The topological polar surface area (TPSA) is 15.3 Å². The molecule has 1 unspecified atom stereocenters. The van der Waals surface area contributed by atoms with Crippen molar-refractivity contribution >= 4 is 0 Å². The summed E-state index contributed by atoms with van der Waals surface area (Å²) in [5.74, 6) is 0. The molecule has 1 aliphatic heterocycles. The molecule has 0 bridgehead atoms. The molecule has 1 rings (SSSR count). The highest BCUT2D eigenvalue weighted by atomic mass is 15.2. The van der Waals surface area contributed by atoms with E-state index in [1.807, 2.05) is 6.08 Å². The lowest BCUT2D eigenvalue weighted by Crippen LogP contribution is -2.50. The zero-order valence-corrected chi connectivity index (χ0v) is 11.1. The van der Waals surface area contributed by atoms with Gasteiger partial charge in [-0.15, -0.1) is 6.58 Å². The molecule has 1 N–H and O–H groups in total. The lowest BCUT2D eigenvalue weighted by atomic mass is 9.91. The Morgan fingerprint density at radius 3 is 2.69 bits per heavy atom. The molecule has 1 heterocycles. The van der Waals surface area contributed by atoms with Gasteiger partial charge in [0.25, 0.3) is 0 Å². The summed E-state index contributed by atoms with van der Waals surface area (Å²) in [5.41, 5.74) is 0.396. The van der Waals surface area contributed by atoms with Crippen molar-refractivity contribution in [3.63, 3.8) is 0 Å². The van der Waals surface area contributed by atoms with E-state index in [1.165, 1.54) is 51.7 Å². The van der Waals surface area contributed by atoms with Gasteiger partial charge < -0.3 is 5.32 Å². The third kappa shape index (κ3) is 3.91. The smallest absolute Gasteiger partial charge is 0.0309 e. The standard InChI is InChI=1S/C14H28N2/c1-4-8-14(9-7-10-15-14)13-16(11-5-2)12-6-3/h5,15H,2,4,6-13H2,1,3H3. The van der Waals surface area contributed by atoms with Gasteiger partial charge in [0.05, 0.1) is 0 Å². The van der Waals surface area contributed by atoms with E-state index < -0.39 is 0 Å². The number of nitrogens with one attached hydrogen (secondary N) is 1. The van der Waals surface area contributed by atoms with Crippen LogP contribution in [0.3, 0.4) is 0 Å². The van der Waals surface area contributed by atoms with Crippen molar-refractivity contribution < 1.29 is 0 Å². The SMILES string of the molecule is C=CCN(CCC)CC1(CCC)CCCN1. The molecule has 0 radical (unpaired) electrons. The first-order valence-corrected chi connectivity index (χ1v) is 6.84. The Kier molecular flexibility index (Phi) is 6.07. The van der Waals surface area contributed by atoms with Gasteiger partial charge in [-0.2, -0.15) is 0 Å². The van der Waals surface area contributed by atoms with Crippen LogP contribution in [-0.2, 0) is 0 Å². The highest BCUT2D eigenvalue weighted by Crippen LogP contribution is 2.25. The highest BCUT2D eigenvalue weighted by molar-refractivity contribution is 4.96. The molecule has 1 aliphatic rings. The monoisotopic (exact) mass is 224 g/mol. The molecule has 94 valence electrons. The second kappa shape index (κ2) is 7.08. The maximum Gasteiger partial charge on any atom is 0.0309 e. The minimum Gasteiger partial charge on any atom is -0.310 e. The third-order valence-electron chi connectivity index (χ3n) is 3.51. The van der Waals surface area contributed by atoms with E-state index in [1.54, 1.807) is 0 Å². The Labute approximate surface area is 101 Å². The molecule has 0 spiro atoms. The summed E-state index contributed by atoms with van der Waals surface area (Å²) in [6.45, 7) is 13.0. The molecule has 16 heavy (non-hydrogen) atoms. The summed E-state index contributed by atoms with van der Waals surface area (Å²) < 4.78 is 0. The first kappa shape index (κ1) is 13.7. The van der Waals surface area contributed by atoms with Gasteiger partial charge in [-0.25, -0.2) is 0 Å². The number of nitrogens with zero attached hydrogens (tertiary/aromatic N) is 1. The van der Waals surface area contributed by atoms with Gasteiger partial charge in [-0.3, -0.25) is 4.90 Å². The number of hydrogen-bond acceptors (Lipinski definition) is 2. The molecule has 2 heteroatoms. The van der Waals surface area contributed by atoms with E-state index >= 15 is 0 Å². The van der Waals surface area contributed by atoms with E-state index in [-0.39, 0.29) is 0 Å². The van der Waals surface area contributed by atoms with Crippen LogP contribution >= 0.6 is 0 Å². The van der Waals surface area contributed by atoms with Gasteiger partial charge >= 0.3 is 0 Å². The van der Waals surface area contributed by atoms with E-state index in [0.717, 1.165) is 6.54 Å². The Bertz CT molecular complexity index is 195. The minimum absolute atomic E-state index is 0.396. The van der Waals surface area contributed by atoms with Gasteiger partial charge in [-0.1, -0.05) is 26.3 Å². The van der Waals surface area contributed by atoms with Crippen molar-refractivity contribution in [2.45, 2.75) is 51.5 Å². The van der Waals surface area contributed by atoms with E-state index in [2.05, 4.69) is 30.6 Å². The predicted molar refractivity (Wildman–Crippen MR) is 71.8 cm³/mol. The van der Waals surface area contributed by atoms with Crippen molar-refractivity contribution in [3.05, 3.63) is 12.7 Å². The maximum absolute atomic E-state index is 3.86. The first-order valence-electron chi connectivity index (χ1n) is 6.84. The zero-order chi connectivity index (χ0) is 11.9. The molecule has 1 atom stereocenters. The van der Waals surface area contributed by atoms with Crippen LogP contribution < -0.4 is 5.32 Å². The summed E-state index contributed by atoms with van der Waals surface area (Å²) in [6.07, 6.45) is 8.54. The van der Waals surface area contributed by atoms with Crippen LogP contribution in [0.4, 0.5) is 0 Å². The largest absolute Gasteiger partial charge is 0.310 e. The Morgan fingerprint density at radius 2 is 2.19 bits per heavy atom. The molecule has 0 amide bonds. The maximum atomic E-state index is 3.86.